The number of nitrogens with zero attached hydrogens (tertiary/aromatic N) is 1. The van der Waals surface area contributed by atoms with Crippen LogP contribution in [0, 0.1) is 0 Å². The summed E-state index contributed by atoms with van der Waals surface area (Å²) in [5.74, 6) is 0.896. The summed E-state index contributed by atoms with van der Waals surface area (Å²) in [5.41, 5.74) is 6.82. The molecule has 3 nitrogen and oxygen atoms in total. The Bertz CT molecular complexity index is 255. The van der Waals surface area contributed by atoms with E-state index in [1.54, 1.807) is 6.20 Å². The first-order valence-corrected chi connectivity index (χ1v) is 4.94. The lowest BCUT2D eigenvalue weighted by Gasteiger charge is -2.14. The lowest BCUT2D eigenvalue weighted by Crippen LogP contribution is -2.19. The van der Waals surface area contributed by atoms with Gasteiger partial charge in [-0.3, -0.25) is 4.98 Å². The maximum Gasteiger partial charge on any atom is 0.126 e. The summed E-state index contributed by atoms with van der Waals surface area (Å²) < 4.78 is 5.65. The average Bonchev–Trinajstić information content (AvgIpc) is 2.06. The van der Waals surface area contributed by atoms with Crippen molar-refractivity contribution in [3.63, 3.8) is 0 Å². The molecule has 0 radical (unpaired) electrons. The van der Waals surface area contributed by atoms with Gasteiger partial charge in [-0.15, -0.1) is 0 Å². The molecule has 1 aromatic rings. The van der Waals surface area contributed by atoms with Gasteiger partial charge in [0.25, 0.3) is 0 Å². The molecular formula is C11H18N2O. The van der Waals surface area contributed by atoms with E-state index >= 15 is 0 Å². The third-order valence-electron chi connectivity index (χ3n) is 1.76. The van der Waals surface area contributed by atoms with E-state index in [4.69, 9.17) is 10.5 Å². The molecule has 14 heavy (non-hydrogen) atoms. The molecule has 1 heterocycles. The van der Waals surface area contributed by atoms with Crippen LogP contribution in [-0.2, 0) is 6.42 Å². The third kappa shape index (κ3) is 3.34. The second kappa shape index (κ2) is 4.96. The first-order valence-electron chi connectivity index (χ1n) is 4.94. The molecule has 1 rings (SSSR count). The lowest BCUT2D eigenvalue weighted by molar-refractivity contribution is 0.239. The molecule has 0 saturated carbocycles. The van der Waals surface area contributed by atoms with Gasteiger partial charge in [-0.2, -0.15) is 0 Å². The van der Waals surface area contributed by atoms with Crippen molar-refractivity contribution in [1.29, 1.82) is 0 Å². The van der Waals surface area contributed by atoms with Crippen molar-refractivity contribution in [3.8, 4) is 5.75 Å². The summed E-state index contributed by atoms with van der Waals surface area (Å²) in [6.45, 7) is 6.00. The highest BCUT2D eigenvalue weighted by Gasteiger charge is 2.07. The zero-order chi connectivity index (χ0) is 10.6. The number of aromatic nitrogens is 1. The Hall–Kier alpha value is -1.09. The summed E-state index contributed by atoms with van der Waals surface area (Å²) in [4.78, 5) is 4.07. The molecule has 0 fully saturated rings. The van der Waals surface area contributed by atoms with E-state index in [1.807, 2.05) is 33.0 Å². The van der Waals surface area contributed by atoms with Crippen LogP contribution >= 0.6 is 0 Å². The lowest BCUT2D eigenvalue weighted by atomic mass is 10.1. The molecular weight excluding hydrogens is 176 g/mol. The molecule has 78 valence electrons. The Morgan fingerprint density at radius 3 is 2.71 bits per heavy atom. The molecule has 1 unspecified atom stereocenters. The summed E-state index contributed by atoms with van der Waals surface area (Å²) >= 11 is 0. The highest BCUT2D eigenvalue weighted by atomic mass is 16.5. The van der Waals surface area contributed by atoms with E-state index in [0.717, 1.165) is 17.7 Å². The second-order valence-electron chi connectivity index (χ2n) is 3.83. The van der Waals surface area contributed by atoms with Crippen molar-refractivity contribution in [2.75, 3.05) is 0 Å². The monoisotopic (exact) mass is 194 g/mol. The minimum Gasteiger partial charge on any atom is -0.491 e. The van der Waals surface area contributed by atoms with Crippen LogP contribution in [0.3, 0.4) is 0 Å². The van der Waals surface area contributed by atoms with Crippen molar-refractivity contribution in [2.24, 2.45) is 5.73 Å². The molecule has 2 N–H and O–H groups in total. The van der Waals surface area contributed by atoms with Gasteiger partial charge >= 0.3 is 0 Å². The Labute approximate surface area is 85.3 Å². The van der Waals surface area contributed by atoms with Gasteiger partial charge in [0.2, 0.25) is 0 Å². The van der Waals surface area contributed by atoms with Crippen molar-refractivity contribution >= 4 is 0 Å². The zero-order valence-corrected chi connectivity index (χ0v) is 9.03. The molecule has 0 bridgehead atoms. The van der Waals surface area contributed by atoms with Crippen LogP contribution in [0.1, 0.15) is 26.3 Å². The summed E-state index contributed by atoms with van der Waals surface area (Å²) in [5, 5.41) is 0. The number of ether oxygens (including phenoxy) is 1. The first kappa shape index (κ1) is 11.0. The van der Waals surface area contributed by atoms with Gasteiger partial charge in [0, 0.05) is 24.0 Å². The van der Waals surface area contributed by atoms with Gasteiger partial charge < -0.3 is 10.5 Å². The molecule has 0 aromatic carbocycles. The summed E-state index contributed by atoms with van der Waals surface area (Å²) in [7, 11) is 0. The number of rotatable bonds is 4. The van der Waals surface area contributed by atoms with E-state index < -0.39 is 0 Å². The maximum absolute atomic E-state index is 5.74. The summed E-state index contributed by atoms with van der Waals surface area (Å²) in [6, 6.07) is 2.02. The van der Waals surface area contributed by atoms with Crippen LogP contribution in [-0.4, -0.2) is 17.1 Å². The molecule has 0 aliphatic heterocycles. The van der Waals surface area contributed by atoms with Crippen molar-refractivity contribution < 1.29 is 4.74 Å². The number of nitrogens with two attached hydrogens (primary N) is 1. The molecule has 0 aliphatic rings. The average molecular weight is 194 g/mol. The fraction of sp³-hybridized carbons (Fsp3) is 0.545. The normalized spacial score (nSPS) is 12.9. The van der Waals surface area contributed by atoms with Crippen LogP contribution in [0.4, 0.5) is 0 Å². The Kier molecular flexibility index (Phi) is 3.89. The predicted octanol–water partition coefficient (Wildman–Crippen LogP) is 1.76. The van der Waals surface area contributed by atoms with Gasteiger partial charge in [-0.05, 0) is 33.3 Å². The van der Waals surface area contributed by atoms with Gasteiger partial charge in [-0.25, -0.2) is 0 Å². The quantitative estimate of drug-likeness (QED) is 0.794. The Balaban J connectivity index is 2.80. The molecule has 1 atom stereocenters. The zero-order valence-electron chi connectivity index (χ0n) is 9.03. The van der Waals surface area contributed by atoms with E-state index in [1.165, 1.54) is 0 Å². The van der Waals surface area contributed by atoms with Crippen LogP contribution < -0.4 is 10.5 Å². The minimum absolute atomic E-state index is 0.133. The van der Waals surface area contributed by atoms with Crippen LogP contribution in [0.2, 0.25) is 0 Å². The number of hydrogen-bond acceptors (Lipinski definition) is 3. The van der Waals surface area contributed by atoms with Crippen LogP contribution in [0.5, 0.6) is 5.75 Å². The van der Waals surface area contributed by atoms with Crippen molar-refractivity contribution in [1.82, 2.24) is 4.98 Å². The van der Waals surface area contributed by atoms with Gasteiger partial charge in [0.15, 0.2) is 0 Å². The topological polar surface area (TPSA) is 48.1 Å². The number of hydrogen-bond donors (Lipinski definition) is 1. The van der Waals surface area contributed by atoms with E-state index in [-0.39, 0.29) is 12.1 Å². The van der Waals surface area contributed by atoms with E-state index in [2.05, 4.69) is 4.98 Å². The predicted molar refractivity (Wildman–Crippen MR) is 57.4 cm³/mol. The Morgan fingerprint density at radius 1 is 1.43 bits per heavy atom. The van der Waals surface area contributed by atoms with Gasteiger partial charge in [0.05, 0.1) is 6.10 Å². The SMILES string of the molecule is CC(N)Cc1cnccc1OC(C)C. The molecule has 0 spiro atoms. The molecule has 3 heteroatoms. The smallest absolute Gasteiger partial charge is 0.126 e. The van der Waals surface area contributed by atoms with Gasteiger partial charge in [0.1, 0.15) is 5.75 Å². The summed E-state index contributed by atoms with van der Waals surface area (Å²) in [6.07, 6.45) is 4.54. The van der Waals surface area contributed by atoms with Crippen molar-refractivity contribution in [2.45, 2.75) is 39.3 Å². The standard InChI is InChI=1S/C11H18N2O/c1-8(2)14-11-4-5-13-7-10(11)6-9(3)12/h4-5,7-9H,6,12H2,1-3H3. The van der Waals surface area contributed by atoms with E-state index in [9.17, 15) is 0 Å². The molecule has 0 saturated heterocycles. The van der Waals surface area contributed by atoms with Crippen LogP contribution in [0.25, 0.3) is 0 Å². The minimum atomic E-state index is 0.133. The van der Waals surface area contributed by atoms with Crippen molar-refractivity contribution in [3.05, 3.63) is 24.0 Å². The van der Waals surface area contributed by atoms with Crippen LogP contribution in [0.15, 0.2) is 18.5 Å². The fourth-order valence-electron chi connectivity index (χ4n) is 1.28. The Morgan fingerprint density at radius 2 is 2.14 bits per heavy atom. The second-order valence-corrected chi connectivity index (χ2v) is 3.83. The van der Waals surface area contributed by atoms with Gasteiger partial charge in [-0.1, -0.05) is 0 Å². The maximum atomic E-state index is 5.74. The third-order valence-corrected chi connectivity index (χ3v) is 1.76. The highest BCUT2D eigenvalue weighted by Crippen LogP contribution is 2.19. The fourth-order valence-corrected chi connectivity index (χ4v) is 1.28. The first-order chi connectivity index (χ1) is 6.59. The molecule has 1 aromatic heterocycles. The highest BCUT2D eigenvalue weighted by molar-refractivity contribution is 5.30. The van der Waals surface area contributed by atoms with E-state index in [0.29, 0.717) is 0 Å². The largest absolute Gasteiger partial charge is 0.491 e. The molecule has 0 aliphatic carbocycles. The molecule has 0 amide bonds. The number of pyridine rings is 1.